The number of hydrogen-bond acceptors (Lipinski definition) is 14. The Morgan fingerprint density at radius 1 is 0.255 bits per heavy atom. The standard InChI is InChI=1S/3C29H22N4O.C28H20N4O.3CH4.HN.O.5Pt/c1-19-8-6-13-29(30-19)32-27-12-5-4-11-25(27)26-15-14-24(18-28(26)32)34-23-10-7-9-22(17-23)33-21(3)16-20(2)31-33;1-19-11-14-29(30-18-19)32-27-10-5-4-9-25(27)26-13-12-24(17-28(26)32)34-23-8-6-7-22(16-23)33-21(3)15-20(2)31-33;1-19-13-14-30-29(15-19)32-27-10-5-4-9-25(27)26-12-11-24(18-28(26)32)34-23-8-6-7-22(17-23)33-21(3)16-20(2)31-33;1-19-16-20(2)32(30-19)21-8-7-9-22(17-21)33-23-13-14-25-24-10-3-4-11-26(24)31(27(25)18-23)28-12-5-6-15-29-28;;;;;;;;;;/h4-16H,1-3H3;4-15,18H,1-3H3;4-16H,1-3H3;3-16H,1-2H3;3*1H4;1H;;;;;;/q4*-2;;;;;;;4*+2. The molecule has 0 bridgehead atoms. The van der Waals surface area contributed by atoms with E-state index < -0.39 is 18.3 Å². The molecule has 0 spiro atoms. The quantitative estimate of drug-likeness (QED) is 0.0891. The molecule has 12 aromatic heterocycles. The van der Waals surface area contributed by atoms with Gasteiger partial charge in [0.2, 0.25) is 0 Å². The van der Waals surface area contributed by atoms with Gasteiger partial charge in [0.1, 0.15) is 23.3 Å². The molecule has 0 fully saturated rings. The molecule has 0 amide bonds. The predicted octanol–water partition coefficient (Wildman–Crippen LogP) is 28.5. The van der Waals surface area contributed by atoms with Crippen LogP contribution in [-0.2, 0) is 106 Å². The van der Waals surface area contributed by atoms with Crippen LogP contribution in [0.5, 0.6) is 46.0 Å². The van der Waals surface area contributed by atoms with Crippen LogP contribution >= 0.6 is 0 Å². The molecule has 736 valence electrons. The third-order valence-corrected chi connectivity index (χ3v) is 23.3. The summed E-state index contributed by atoms with van der Waals surface area (Å²) >= 11 is -1.42. The fraction of sp³-hybridized carbons (Fsp3) is 0.119. The van der Waals surface area contributed by atoms with E-state index in [-0.39, 0.29) is 107 Å². The predicted molar refractivity (Wildman–Crippen MR) is 555 cm³/mol. The van der Waals surface area contributed by atoms with E-state index in [1.807, 2.05) is 301 Å². The number of nitrogens with one attached hydrogen (secondary N) is 1. The SMILES string of the molecule is C.C.C.Cc1cc(C)n(-c2[c-]c(Oc3[c-]c4c(cc3)c3ccccc3n4-c3ccccn3)ccc2)n1.Cc1ccc(-n2c3[c-]c(Oc4[c-]c(-n5nc(C)cc5C)ccc4)ccc3c3ccccc32)nc1.Cc1cccc(-n2c3[c-]c(Oc4[c-]c(-n5nc(C)cc5C)ccc4)ccc3c3ccccc32)n1.Cc1ccnc(-n2c3[c-]c(Oc4[c-]c(-n5nc(C)cc5C)ccc4)ccc3c3ccccc32)c1.[NH]=[Pt]=[O].[Pt+2].[Pt+2].[Pt+2].[Pt+2]. The molecule has 1 N–H and O–H groups in total. The first-order valence-corrected chi connectivity index (χ1v) is 46.7. The van der Waals surface area contributed by atoms with Crippen molar-refractivity contribution in [3.05, 3.63) is 433 Å². The molecule has 22 nitrogen and oxygen atoms in total. The monoisotopic (exact) mass is 2810 g/mol. The maximum atomic E-state index is 8.71. The Morgan fingerprint density at radius 3 is 0.841 bits per heavy atom. The third kappa shape index (κ3) is 22.9. The zero-order valence-electron chi connectivity index (χ0n) is 78.4. The number of aromatic nitrogens is 16. The van der Waals surface area contributed by atoms with E-state index in [0.29, 0.717) is 46.0 Å². The molecule has 0 saturated heterocycles. The molecule has 0 radical (unpaired) electrons. The van der Waals surface area contributed by atoms with Gasteiger partial charge in [0.25, 0.3) is 0 Å². The number of aryl methyl sites for hydroxylation is 11. The summed E-state index contributed by atoms with van der Waals surface area (Å²) in [5, 5.41) is 27.2. The molecule has 0 aliphatic rings. The molecule has 12 heterocycles. The van der Waals surface area contributed by atoms with Gasteiger partial charge in [0.05, 0.1) is 22.8 Å². The largest absolute Gasteiger partial charge is 2.00 e. The average Bonchev–Trinajstić information content (AvgIpc) is 1.60. The summed E-state index contributed by atoms with van der Waals surface area (Å²) in [6.07, 6.45) is 5.52. The fourth-order valence-electron chi connectivity index (χ4n) is 17.5. The maximum Gasteiger partial charge on any atom is 2.00 e. The summed E-state index contributed by atoms with van der Waals surface area (Å²) in [6.45, 7) is 22.2. The van der Waals surface area contributed by atoms with Crippen molar-refractivity contribution < 1.29 is 125 Å². The molecule has 0 unspecified atom stereocenters. The first-order valence-electron chi connectivity index (χ1n) is 44.6. The first kappa shape index (κ1) is 108. The van der Waals surface area contributed by atoms with Crippen LogP contribution in [-0.4, -0.2) is 77.3 Å². The van der Waals surface area contributed by atoms with Crippen LogP contribution in [0.2, 0.25) is 0 Å². The van der Waals surface area contributed by atoms with Crippen LogP contribution in [0.1, 0.15) is 84.7 Å². The molecule has 27 heteroatoms. The van der Waals surface area contributed by atoms with Crippen LogP contribution in [0.4, 0.5) is 0 Å². The summed E-state index contributed by atoms with van der Waals surface area (Å²) in [6, 6.07) is 128. The van der Waals surface area contributed by atoms with Crippen LogP contribution < -0.4 is 18.9 Å². The third-order valence-electron chi connectivity index (χ3n) is 23.3. The maximum absolute atomic E-state index is 8.71. The number of nitrogens with zero attached hydrogens (tertiary/aromatic N) is 16. The van der Waals surface area contributed by atoms with Gasteiger partial charge in [0, 0.05) is 115 Å². The molecule has 0 aliphatic carbocycles. The number of hydrogen-bond donors (Lipinski definition) is 1. The minimum atomic E-state index is -1.42. The van der Waals surface area contributed by atoms with E-state index in [9.17, 15) is 0 Å². The Kier molecular flexibility index (Phi) is 35.2. The van der Waals surface area contributed by atoms with Crippen molar-refractivity contribution in [3.8, 4) is 92.0 Å². The zero-order chi connectivity index (χ0) is 94.8. The summed E-state index contributed by atoms with van der Waals surface area (Å²) in [7, 11) is 0. The average molecular weight is 2810 g/mol. The minimum absolute atomic E-state index is 0. The van der Waals surface area contributed by atoms with Gasteiger partial charge in [-0.05, 0) is 223 Å². The minimum Gasteiger partial charge on any atom is 2.00 e. The van der Waals surface area contributed by atoms with Crippen molar-refractivity contribution in [3.63, 3.8) is 0 Å². The van der Waals surface area contributed by atoms with Crippen molar-refractivity contribution in [2.24, 2.45) is 0 Å². The summed E-state index contributed by atoms with van der Waals surface area (Å²) in [5.74, 6) is 8.31. The van der Waals surface area contributed by atoms with Gasteiger partial charge in [0.15, 0.2) is 0 Å². The van der Waals surface area contributed by atoms with E-state index in [1.165, 1.54) is 0 Å². The molecule has 145 heavy (non-hydrogen) atoms. The zero-order valence-corrected chi connectivity index (χ0v) is 89.7. The van der Waals surface area contributed by atoms with Crippen LogP contribution in [0.3, 0.4) is 0 Å². The number of ether oxygens (including phenoxy) is 4. The number of benzene rings is 12. The van der Waals surface area contributed by atoms with Crippen molar-refractivity contribution in [1.82, 2.24) is 77.3 Å². The van der Waals surface area contributed by atoms with Crippen molar-refractivity contribution in [2.45, 2.75) is 98.4 Å². The Bertz CT molecular complexity index is 8520. The fourth-order valence-corrected chi connectivity index (χ4v) is 17.5. The van der Waals surface area contributed by atoms with Crippen LogP contribution in [0, 0.1) is 129 Å². The van der Waals surface area contributed by atoms with E-state index in [0.717, 1.165) is 196 Å². The number of fused-ring (bicyclic) bond motifs is 12. The van der Waals surface area contributed by atoms with Gasteiger partial charge < -0.3 is 37.2 Å². The van der Waals surface area contributed by atoms with Gasteiger partial charge in [-0.25, -0.2) is 19.9 Å². The Hall–Kier alpha value is -14.5. The molecule has 0 aliphatic heterocycles. The van der Waals surface area contributed by atoms with E-state index in [2.05, 4.69) is 212 Å². The van der Waals surface area contributed by atoms with Crippen LogP contribution in [0.25, 0.3) is 133 Å². The summed E-state index contributed by atoms with van der Waals surface area (Å²) in [5.41, 5.74) is 22.7. The molecule has 0 saturated carbocycles. The van der Waals surface area contributed by atoms with Crippen molar-refractivity contribution >= 4 is 87.2 Å². The second kappa shape index (κ2) is 47.4. The van der Waals surface area contributed by atoms with E-state index >= 15 is 0 Å². The molecular formula is C118H99N17O5Pt5. The van der Waals surface area contributed by atoms with Crippen LogP contribution in [0.15, 0.2) is 322 Å². The van der Waals surface area contributed by atoms with Gasteiger partial charge in [-0.3, -0.25) is 18.7 Å². The number of rotatable bonds is 16. The summed E-state index contributed by atoms with van der Waals surface area (Å²) in [4.78, 5) is 18.7. The number of para-hydroxylation sites is 4. The second-order valence-electron chi connectivity index (χ2n) is 33.4. The Balaban J connectivity index is 0.000000158. The molecule has 24 rings (SSSR count). The smallest absolute Gasteiger partial charge is 2.00 e. The first-order chi connectivity index (χ1) is 67.3. The number of pyridine rings is 4. The molecular weight excluding hydrogens is 2710 g/mol. The molecule has 12 aromatic carbocycles. The van der Waals surface area contributed by atoms with E-state index in [1.54, 1.807) is 6.20 Å². The van der Waals surface area contributed by atoms with Crippen molar-refractivity contribution in [2.75, 3.05) is 0 Å². The molecule has 0 atom stereocenters. The second-order valence-corrected chi connectivity index (χ2v) is 33.9. The normalized spacial score (nSPS) is 10.7. The molecule has 24 aromatic rings. The van der Waals surface area contributed by atoms with Gasteiger partial charge in [-0.1, -0.05) is 135 Å². The van der Waals surface area contributed by atoms with Gasteiger partial charge in [-0.15, -0.1) is 143 Å². The van der Waals surface area contributed by atoms with Crippen molar-refractivity contribution in [1.29, 1.82) is 3.91 Å². The topological polar surface area (TPSA) is 220 Å². The Morgan fingerprint density at radius 2 is 0.545 bits per heavy atom. The van der Waals surface area contributed by atoms with Gasteiger partial charge >= 0.3 is 110 Å². The van der Waals surface area contributed by atoms with Gasteiger partial charge in [-0.2, -0.15) is 68.9 Å². The van der Waals surface area contributed by atoms with E-state index in [4.69, 9.17) is 31.2 Å². The Labute approximate surface area is 908 Å². The summed E-state index contributed by atoms with van der Waals surface area (Å²) < 4.78 is 55.3.